The summed E-state index contributed by atoms with van der Waals surface area (Å²) in [6.07, 6.45) is 0.958. The van der Waals surface area contributed by atoms with E-state index in [4.69, 9.17) is 0 Å². The quantitative estimate of drug-likeness (QED) is 0.372. The second kappa shape index (κ2) is 9.80. The second-order valence-corrected chi connectivity index (χ2v) is 11.2. The number of pyridine rings is 1. The number of aromatic nitrogens is 5. The highest BCUT2D eigenvalue weighted by Gasteiger charge is 2.33. The number of aromatic amines is 1. The Morgan fingerprint density at radius 1 is 1.15 bits per heavy atom. The van der Waals surface area contributed by atoms with E-state index in [2.05, 4.69) is 96.6 Å². The SMILES string of the molecule is CCc1ccc2[nH]c(=O)c(CN(Cc3cccs3)C(c3nnnn3C(C)(C)C)C(C)C)cc2c1. The smallest absolute Gasteiger partial charge is 0.252 e. The lowest BCUT2D eigenvalue weighted by Gasteiger charge is -2.34. The van der Waals surface area contributed by atoms with Gasteiger partial charge in [-0.3, -0.25) is 9.69 Å². The number of thiophene rings is 1. The molecule has 180 valence electrons. The van der Waals surface area contributed by atoms with Crippen LogP contribution in [0.1, 0.15) is 69.4 Å². The summed E-state index contributed by atoms with van der Waals surface area (Å²) in [6, 6.07) is 12.4. The normalized spacial score (nSPS) is 13.3. The van der Waals surface area contributed by atoms with Crippen molar-refractivity contribution in [1.29, 1.82) is 0 Å². The molecule has 0 fully saturated rings. The first-order valence-electron chi connectivity index (χ1n) is 11.9. The van der Waals surface area contributed by atoms with Crippen molar-refractivity contribution in [3.8, 4) is 0 Å². The minimum atomic E-state index is -0.252. The zero-order valence-electron chi connectivity index (χ0n) is 20.9. The number of nitrogens with one attached hydrogen (secondary N) is 1. The summed E-state index contributed by atoms with van der Waals surface area (Å²) < 4.78 is 1.91. The number of fused-ring (bicyclic) bond motifs is 1. The molecule has 3 heterocycles. The standard InChI is InChI=1S/C26H34N6OS/c1-7-18-10-11-22-19(13-18)14-20(25(33)27-22)15-31(16-21-9-8-12-34-21)23(17(2)3)24-28-29-30-32(24)26(4,5)6/h8-14,17,23H,7,15-16H2,1-6H3,(H,27,33). The number of benzene rings is 1. The molecule has 1 aromatic carbocycles. The number of hydrogen-bond acceptors (Lipinski definition) is 6. The fourth-order valence-corrected chi connectivity index (χ4v) is 5.18. The first kappa shape index (κ1) is 24.3. The van der Waals surface area contributed by atoms with Crippen LogP contribution in [0.15, 0.2) is 46.6 Å². The van der Waals surface area contributed by atoms with Crippen LogP contribution in [0.3, 0.4) is 0 Å². The lowest BCUT2D eigenvalue weighted by atomic mass is 9.98. The molecule has 34 heavy (non-hydrogen) atoms. The van der Waals surface area contributed by atoms with Crippen molar-refractivity contribution in [3.63, 3.8) is 0 Å². The van der Waals surface area contributed by atoms with Crippen molar-refractivity contribution in [2.75, 3.05) is 0 Å². The second-order valence-electron chi connectivity index (χ2n) is 10.2. The highest BCUT2D eigenvalue weighted by atomic mass is 32.1. The van der Waals surface area contributed by atoms with Gasteiger partial charge in [0, 0.05) is 29.0 Å². The van der Waals surface area contributed by atoms with Gasteiger partial charge in [0.1, 0.15) is 0 Å². The Bertz CT molecular complexity index is 1300. The Morgan fingerprint density at radius 3 is 2.59 bits per heavy atom. The summed E-state index contributed by atoms with van der Waals surface area (Å²) in [5.41, 5.74) is 2.57. The van der Waals surface area contributed by atoms with Gasteiger partial charge in [-0.25, -0.2) is 4.68 Å². The molecule has 7 nitrogen and oxygen atoms in total. The molecule has 0 aliphatic rings. The highest BCUT2D eigenvalue weighted by molar-refractivity contribution is 7.09. The molecule has 4 aromatic rings. The predicted molar refractivity (Wildman–Crippen MR) is 138 cm³/mol. The Balaban J connectivity index is 1.79. The van der Waals surface area contributed by atoms with Gasteiger partial charge in [0.25, 0.3) is 5.56 Å². The van der Waals surface area contributed by atoms with Gasteiger partial charge in [-0.2, -0.15) is 0 Å². The summed E-state index contributed by atoms with van der Waals surface area (Å²) in [7, 11) is 0. The van der Waals surface area contributed by atoms with Gasteiger partial charge < -0.3 is 4.98 Å². The number of aryl methyl sites for hydroxylation is 1. The van der Waals surface area contributed by atoms with Crippen LogP contribution in [0.4, 0.5) is 0 Å². The topological polar surface area (TPSA) is 79.7 Å². The van der Waals surface area contributed by atoms with Crippen LogP contribution in [0.5, 0.6) is 0 Å². The van der Waals surface area contributed by atoms with Crippen LogP contribution in [0.25, 0.3) is 10.9 Å². The Morgan fingerprint density at radius 2 is 1.94 bits per heavy atom. The summed E-state index contributed by atoms with van der Waals surface area (Å²) in [5, 5.41) is 16.0. The van der Waals surface area contributed by atoms with Crippen molar-refractivity contribution in [3.05, 3.63) is 74.0 Å². The van der Waals surface area contributed by atoms with E-state index in [-0.39, 0.29) is 23.1 Å². The van der Waals surface area contributed by atoms with Crippen molar-refractivity contribution in [1.82, 2.24) is 30.1 Å². The average molecular weight is 479 g/mol. The van der Waals surface area contributed by atoms with Gasteiger partial charge in [-0.1, -0.05) is 32.9 Å². The maximum absolute atomic E-state index is 13.1. The van der Waals surface area contributed by atoms with Gasteiger partial charge in [-0.05, 0) is 84.1 Å². The average Bonchev–Trinajstić information content (AvgIpc) is 3.46. The molecule has 3 aromatic heterocycles. The molecule has 1 unspecified atom stereocenters. The molecule has 0 aliphatic heterocycles. The van der Waals surface area contributed by atoms with Gasteiger partial charge in [-0.15, -0.1) is 16.4 Å². The molecule has 1 atom stereocenters. The van der Waals surface area contributed by atoms with E-state index in [9.17, 15) is 4.79 Å². The maximum Gasteiger partial charge on any atom is 0.252 e. The van der Waals surface area contributed by atoms with Crippen LogP contribution in [0, 0.1) is 5.92 Å². The molecule has 0 aliphatic carbocycles. The maximum atomic E-state index is 13.1. The van der Waals surface area contributed by atoms with E-state index in [1.165, 1.54) is 10.4 Å². The Hall–Kier alpha value is -2.84. The van der Waals surface area contributed by atoms with Gasteiger partial charge in [0.15, 0.2) is 5.82 Å². The summed E-state index contributed by atoms with van der Waals surface area (Å²) in [5.74, 6) is 1.06. The minimum Gasteiger partial charge on any atom is -0.322 e. The third kappa shape index (κ3) is 5.13. The van der Waals surface area contributed by atoms with E-state index >= 15 is 0 Å². The van der Waals surface area contributed by atoms with Crippen LogP contribution < -0.4 is 5.56 Å². The number of rotatable bonds is 8. The van der Waals surface area contributed by atoms with E-state index < -0.39 is 0 Å². The van der Waals surface area contributed by atoms with Crippen molar-refractivity contribution >= 4 is 22.2 Å². The number of nitrogens with zero attached hydrogens (tertiary/aromatic N) is 5. The molecule has 0 saturated heterocycles. The van der Waals surface area contributed by atoms with E-state index in [1.54, 1.807) is 11.3 Å². The highest BCUT2D eigenvalue weighted by Crippen LogP contribution is 2.32. The number of hydrogen-bond donors (Lipinski definition) is 1. The van der Waals surface area contributed by atoms with Crippen LogP contribution in [0.2, 0.25) is 0 Å². The minimum absolute atomic E-state index is 0.0501. The molecule has 0 saturated carbocycles. The molecule has 1 N–H and O–H groups in total. The summed E-state index contributed by atoms with van der Waals surface area (Å²) >= 11 is 1.72. The fraction of sp³-hybridized carbons (Fsp3) is 0.462. The van der Waals surface area contributed by atoms with Crippen LogP contribution >= 0.6 is 11.3 Å². The lowest BCUT2D eigenvalue weighted by Crippen LogP contribution is -2.37. The summed E-state index contributed by atoms with van der Waals surface area (Å²) in [6.45, 7) is 14.0. The van der Waals surface area contributed by atoms with Gasteiger partial charge >= 0.3 is 0 Å². The molecule has 0 radical (unpaired) electrons. The molecule has 0 spiro atoms. The molecule has 4 rings (SSSR count). The molecular formula is C26H34N6OS. The van der Waals surface area contributed by atoms with Crippen molar-refractivity contribution < 1.29 is 0 Å². The Kier molecular flexibility index (Phi) is 7.00. The third-order valence-corrected chi connectivity index (χ3v) is 6.99. The van der Waals surface area contributed by atoms with Gasteiger partial charge in [0.05, 0.1) is 11.6 Å². The Labute approximate surface area is 204 Å². The molecule has 0 amide bonds. The zero-order valence-corrected chi connectivity index (χ0v) is 21.7. The number of tetrazole rings is 1. The first-order chi connectivity index (χ1) is 16.2. The van der Waals surface area contributed by atoms with Crippen LogP contribution in [-0.2, 0) is 25.0 Å². The van der Waals surface area contributed by atoms with E-state index in [0.29, 0.717) is 13.1 Å². The van der Waals surface area contributed by atoms with Gasteiger partial charge in [0.2, 0.25) is 0 Å². The predicted octanol–water partition coefficient (Wildman–Crippen LogP) is 5.29. The van der Waals surface area contributed by atoms with E-state index in [0.717, 1.165) is 28.7 Å². The van der Waals surface area contributed by atoms with E-state index in [1.807, 2.05) is 16.8 Å². The number of H-pyrrole nitrogens is 1. The molecule has 0 bridgehead atoms. The van der Waals surface area contributed by atoms with Crippen molar-refractivity contribution in [2.45, 2.75) is 72.6 Å². The monoisotopic (exact) mass is 478 g/mol. The molecule has 8 heteroatoms. The fourth-order valence-electron chi connectivity index (χ4n) is 4.45. The third-order valence-electron chi connectivity index (χ3n) is 6.12. The lowest BCUT2D eigenvalue weighted by molar-refractivity contribution is 0.121. The largest absolute Gasteiger partial charge is 0.322 e. The molecular weight excluding hydrogens is 444 g/mol. The zero-order chi connectivity index (χ0) is 24.5. The first-order valence-corrected chi connectivity index (χ1v) is 12.8. The van der Waals surface area contributed by atoms with Crippen LogP contribution in [-0.4, -0.2) is 30.1 Å². The van der Waals surface area contributed by atoms with Crippen molar-refractivity contribution in [2.24, 2.45) is 5.92 Å². The summed E-state index contributed by atoms with van der Waals surface area (Å²) in [4.78, 5) is 19.8.